The van der Waals surface area contributed by atoms with Gasteiger partial charge in [-0.05, 0) is 51.2 Å². The Hall–Kier alpha value is -1.99. The second-order valence-electron chi connectivity index (χ2n) is 8.99. The minimum atomic E-state index is -0.801. The molecule has 0 unspecified atom stereocenters. The smallest absolute Gasteiger partial charge is 0.255 e. The summed E-state index contributed by atoms with van der Waals surface area (Å²) in [6, 6.07) is 3.52. The molecule has 2 saturated heterocycles. The Balaban J connectivity index is 1.42. The van der Waals surface area contributed by atoms with Crippen LogP contribution >= 0.6 is 0 Å². The fraction of sp³-hybridized carbons (Fsp3) is 0.682. The zero-order valence-corrected chi connectivity index (χ0v) is 17.1. The lowest BCUT2D eigenvalue weighted by atomic mass is 9.73. The maximum Gasteiger partial charge on any atom is 0.255 e. The van der Waals surface area contributed by atoms with Gasteiger partial charge in [-0.25, -0.2) is 0 Å². The van der Waals surface area contributed by atoms with Crippen molar-refractivity contribution in [2.45, 2.75) is 69.1 Å². The molecule has 3 fully saturated rings. The van der Waals surface area contributed by atoms with E-state index in [4.69, 9.17) is 4.74 Å². The molecule has 2 atom stereocenters. The fourth-order valence-corrected chi connectivity index (χ4v) is 5.14. The zero-order valence-electron chi connectivity index (χ0n) is 17.1. The fourth-order valence-electron chi connectivity index (χ4n) is 5.14. The number of nitrogens with one attached hydrogen (secondary N) is 1. The van der Waals surface area contributed by atoms with Crippen LogP contribution in [0.25, 0.3) is 0 Å². The maximum absolute atomic E-state index is 12.7. The molecular weight excluding hydrogens is 370 g/mol. The van der Waals surface area contributed by atoms with Gasteiger partial charge in [0.25, 0.3) is 5.91 Å². The average molecular weight is 402 g/mol. The number of hydrogen-bond acceptors (Lipinski definition) is 5. The number of carbonyl (C=O) groups is 2. The van der Waals surface area contributed by atoms with E-state index in [9.17, 15) is 14.7 Å². The van der Waals surface area contributed by atoms with Gasteiger partial charge >= 0.3 is 0 Å². The Morgan fingerprint density at radius 1 is 1.24 bits per heavy atom. The highest BCUT2D eigenvalue weighted by Gasteiger charge is 2.54. The van der Waals surface area contributed by atoms with Crippen LogP contribution in [0.4, 0.5) is 0 Å². The van der Waals surface area contributed by atoms with E-state index in [1.807, 2.05) is 6.92 Å². The molecule has 3 heterocycles. The van der Waals surface area contributed by atoms with E-state index < -0.39 is 17.2 Å². The van der Waals surface area contributed by atoms with Crippen LogP contribution in [0, 0.1) is 5.92 Å². The Labute approximate surface area is 171 Å². The van der Waals surface area contributed by atoms with Gasteiger partial charge in [0.1, 0.15) is 6.10 Å². The van der Waals surface area contributed by atoms with Crippen molar-refractivity contribution >= 4 is 11.8 Å². The largest absolute Gasteiger partial charge is 0.388 e. The lowest BCUT2D eigenvalue weighted by molar-refractivity contribution is -0.206. The van der Waals surface area contributed by atoms with Crippen LogP contribution in [0.5, 0.6) is 0 Å². The van der Waals surface area contributed by atoms with Gasteiger partial charge in [0.2, 0.25) is 5.91 Å². The standard InChI is InChI=1S/C22H31N3O4/c1-21(24-18(26)16-5-2-3-6-16)10-14-29-22(20(21)28)8-12-25(13-9-22)19(27)17-7-4-11-23-15-17/h4,7,11,15-16,20,28H,2-3,5-6,8-10,12-14H2,1H3,(H,24,26)/t20-,21+/m1/s1. The number of aromatic nitrogens is 1. The van der Waals surface area contributed by atoms with E-state index >= 15 is 0 Å². The molecule has 2 amide bonds. The molecule has 0 bridgehead atoms. The predicted molar refractivity (Wildman–Crippen MR) is 107 cm³/mol. The molecule has 2 N–H and O–H groups in total. The second-order valence-corrected chi connectivity index (χ2v) is 8.99. The first-order valence-corrected chi connectivity index (χ1v) is 10.8. The third-order valence-corrected chi connectivity index (χ3v) is 7.05. The minimum absolute atomic E-state index is 0.0458. The number of rotatable bonds is 3. The third-order valence-electron chi connectivity index (χ3n) is 7.05. The summed E-state index contributed by atoms with van der Waals surface area (Å²) in [6.07, 6.45) is 8.19. The van der Waals surface area contributed by atoms with Crippen LogP contribution in [-0.2, 0) is 9.53 Å². The molecule has 4 rings (SSSR count). The van der Waals surface area contributed by atoms with Gasteiger partial charge in [0.15, 0.2) is 0 Å². The van der Waals surface area contributed by atoms with Gasteiger partial charge in [-0.15, -0.1) is 0 Å². The summed E-state index contributed by atoms with van der Waals surface area (Å²) in [7, 11) is 0. The summed E-state index contributed by atoms with van der Waals surface area (Å²) in [4.78, 5) is 31.2. The van der Waals surface area contributed by atoms with Crippen LogP contribution in [0.3, 0.4) is 0 Å². The quantitative estimate of drug-likeness (QED) is 0.807. The van der Waals surface area contributed by atoms with Crippen molar-refractivity contribution in [1.29, 1.82) is 0 Å². The zero-order chi connectivity index (χ0) is 20.5. The summed E-state index contributed by atoms with van der Waals surface area (Å²) < 4.78 is 6.10. The van der Waals surface area contributed by atoms with Crippen LogP contribution in [0.2, 0.25) is 0 Å². The molecule has 1 saturated carbocycles. The van der Waals surface area contributed by atoms with Gasteiger partial charge < -0.3 is 20.1 Å². The number of aliphatic hydroxyl groups is 1. The first-order valence-electron chi connectivity index (χ1n) is 10.8. The molecule has 7 nitrogen and oxygen atoms in total. The summed E-state index contributed by atoms with van der Waals surface area (Å²) in [5.41, 5.74) is -0.850. The van der Waals surface area contributed by atoms with Crippen LogP contribution in [-0.4, -0.2) is 63.7 Å². The Kier molecular flexibility index (Phi) is 5.62. The lowest BCUT2D eigenvalue weighted by Gasteiger charge is -2.53. The highest BCUT2D eigenvalue weighted by molar-refractivity contribution is 5.93. The first kappa shape index (κ1) is 20.3. The number of pyridine rings is 1. The maximum atomic E-state index is 12.7. The monoisotopic (exact) mass is 401 g/mol. The summed E-state index contributed by atoms with van der Waals surface area (Å²) in [6.45, 7) is 3.45. The number of carbonyl (C=O) groups excluding carboxylic acids is 2. The van der Waals surface area contributed by atoms with Crippen molar-refractivity contribution in [1.82, 2.24) is 15.2 Å². The molecule has 1 aromatic rings. The summed E-state index contributed by atoms with van der Waals surface area (Å²) >= 11 is 0. The van der Waals surface area contributed by atoms with Gasteiger partial charge in [0, 0.05) is 38.0 Å². The molecule has 158 valence electrons. The Bertz CT molecular complexity index is 742. The van der Waals surface area contributed by atoms with E-state index in [1.54, 1.807) is 29.4 Å². The molecule has 2 aliphatic heterocycles. The van der Waals surface area contributed by atoms with Gasteiger partial charge in [-0.2, -0.15) is 0 Å². The van der Waals surface area contributed by atoms with Crippen molar-refractivity contribution in [3.8, 4) is 0 Å². The van der Waals surface area contributed by atoms with E-state index in [0.29, 0.717) is 44.5 Å². The van der Waals surface area contributed by atoms with Crippen LogP contribution in [0.15, 0.2) is 24.5 Å². The van der Waals surface area contributed by atoms with E-state index in [1.165, 1.54) is 0 Å². The Morgan fingerprint density at radius 2 is 1.97 bits per heavy atom. The Morgan fingerprint density at radius 3 is 2.62 bits per heavy atom. The van der Waals surface area contributed by atoms with Crippen molar-refractivity contribution < 1.29 is 19.4 Å². The molecule has 7 heteroatoms. The molecule has 1 spiro atoms. The summed E-state index contributed by atoms with van der Waals surface area (Å²) in [5.74, 6) is 0.0811. The van der Waals surface area contributed by atoms with Crippen LogP contribution < -0.4 is 5.32 Å². The molecule has 29 heavy (non-hydrogen) atoms. The number of amides is 2. The number of hydrogen-bond donors (Lipinski definition) is 2. The normalized spacial score (nSPS) is 29.7. The van der Waals surface area contributed by atoms with Gasteiger partial charge in [-0.1, -0.05) is 12.8 Å². The van der Waals surface area contributed by atoms with Crippen LogP contribution in [0.1, 0.15) is 62.2 Å². The summed E-state index contributed by atoms with van der Waals surface area (Å²) in [5, 5.41) is 14.4. The molecular formula is C22H31N3O4. The number of ether oxygens (including phenoxy) is 1. The minimum Gasteiger partial charge on any atom is -0.388 e. The number of likely N-dealkylation sites (tertiary alicyclic amines) is 1. The van der Waals surface area contributed by atoms with Crippen molar-refractivity contribution in [3.05, 3.63) is 30.1 Å². The number of piperidine rings is 1. The molecule has 1 aliphatic carbocycles. The number of nitrogens with zero attached hydrogens (tertiary/aromatic N) is 2. The number of aliphatic hydroxyl groups excluding tert-OH is 1. The lowest BCUT2D eigenvalue weighted by Crippen LogP contribution is -2.69. The highest BCUT2D eigenvalue weighted by Crippen LogP contribution is 2.40. The van der Waals surface area contributed by atoms with Gasteiger partial charge in [0.05, 0.1) is 16.7 Å². The molecule has 3 aliphatic rings. The average Bonchev–Trinajstić information content (AvgIpc) is 3.28. The van der Waals surface area contributed by atoms with E-state index in [-0.39, 0.29) is 17.7 Å². The predicted octanol–water partition coefficient (Wildman–Crippen LogP) is 1.90. The molecule has 0 radical (unpaired) electrons. The van der Waals surface area contributed by atoms with Crippen molar-refractivity contribution in [2.75, 3.05) is 19.7 Å². The SMILES string of the molecule is C[C@]1(NC(=O)C2CCCC2)CCOC2(CCN(C(=O)c3cccnc3)CC2)[C@@H]1O. The van der Waals surface area contributed by atoms with Crippen molar-refractivity contribution in [2.24, 2.45) is 5.92 Å². The van der Waals surface area contributed by atoms with E-state index in [2.05, 4.69) is 10.3 Å². The third kappa shape index (κ3) is 3.90. The topological polar surface area (TPSA) is 91.8 Å². The van der Waals surface area contributed by atoms with E-state index in [0.717, 1.165) is 25.7 Å². The molecule has 1 aromatic heterocycles. The highest BCUT2D eigenvalue weighted by atomic mass is 16.5. The first-order chi connectivity index (χ1) is 13.9. The van der Waals surface area contributed by atoms with Gasteiger partial charge in [-0.3, -0.25) is 14.6 Å². The molecule has 0 aromatic carbocycles. The van der Waals surface area contributed by atoms with Crippen molar-refractivity contribution in [3.63, 3.8) is 0 Å². The second kappa shape index (κ2) is 8.03.